The van der Waals surface area contributed by atoms with Crippen molar-refractivity contribution >= 4 is 22.9 Å². The lowest BCUT2D eigenvalue weighted by Gasteiger charge is -2.21. The maximum atomic E-state index is 12.3. The van der Waals surface area contributed by atoms with Crippen LogP contribution in [-0.4, -0.2) is 39.5 Å². The topological polar surface area (TPSA) is 50.2 Å². The molecule has 1 aliphatic heterocycles. The molecule has 5 heteroatoms. The Morgan fingerprint density at radius 2 is 2.00 bits per heavy atom. The number of fused-ring (bicyclic) bond motifs is 1. The monoisotopic (exact) mass is 272 g/mol. The van der Waals surface area contributed by atoms with E-state index in [9.17, 15) is 4.79 Å². The molecule has 1 aliphatic rings. The van der Waals surface area contributed by atoms with E-state index in [-0.39, 0.29) is 11.9 Å². The van der Waals surface area contributed by atoms with E-state index in [0.29, 0.717) is 0 Å². The van der Waals surface area contributed by atoms with Gasteiger partial charge in [-0.05, 0) is 31.9 Å². The zero-order valence-corrected chi connectivity index (χ0v) is 12.0. The Morgan fingerprint density at radius 3 is 2.70 bits per heavy atom. The zero-order chi connectivity index (χ0) is 14.1. The van der Waals surface area contributed by atoms with Crippen molar-refractivity contribution in [1.82, 2.24) is 14.5 Å². The molecule has 2 aromatic rings. The van der Waals surface area contributed by atoms with Crippen LogP contribution in [0.3, 0.4) is 0 Å². The van der Waals surface area contributed by atoms with Gasteiger partial charge in [0, 0.05) is 20.1 Å². The maximum absolute atomic E-state index is 12.3. The average molecular weight is 272 g/mol. The molecule has 1 amide bonds. The molecule has 5 nitrogen and oxygen atoms in total. The molecule has 106 valence electrons. The zero-order valence-electron chi connectivity index (χ0n) is 12.0. The summed E-state index contributed by atoms with van der Waals surface area (Å²) in [6, 6.07) is 7.72. The Balaban J connectivity index is 1.78. The molecule has 20 heavy (non-hydrogen) atoms. The summed E-state index contributed by atoms with van der Waals surface area (Å²) >= 11 is 0. The van der Waals surface area contributed by atoms with Gasteiger partial charge in [0.1, 0.15) is 6.04 Å². The first-order valence-electron chi connectivity index (χ1n) is 7.13. The molecule has 1 atom stereocenters. The standard InChI is InChI=1S/C15H20N4O/c1-11(14(20)19-9-5-6-10-19)16-15-17-12-7-3-4-8-13(12)18(15)2/h3-4,7-8,11H,5-6,9-10H2,1-2H3,(H,16,17). The van der Waals surface area contributed by atoms with Crippen LogP contribution >= 0.6 is 0 Å². The molecule has 0 radical (unpaired) electrons. The van der Waals surface area contributed by atoms with Gasteiger partial charge in [-0.3, -0.25) is 4.79 Å². The van der Waals surface area contributed by atoms with Crippen molar-refractivity contribution in [2.24, 2.45) is 7.05 Å². The normalized spacial score (nSPS) is 16.6. The maximum Gasteiger partial charge on any atom is 0.244 e. The van der Waals surface area contributed by atoms with Crippen molar-refractivity contribution in [2.45, 2.75) is 25.8 Å². The quantitative estimate of drug-likeness (QED) is 0.929. The number of benzene rings is 1. The van der Waals surface area contributed by atoms with Crippen LogP contribution in [0.4, 0.5) is 5.95 Å². The first-order chi connectivity index (χ1) is 9.66. The van der Waals surface area contributed by atoms with Crippen LogP contribution in [0.15, 0.2) is 24.3 Å². The molecule has 0 saturated carbocycles. The summed E-state index contributed by atoms with van der Waals surface area (Å²) in [5.41, 5.74) is 2.01. The number of nitrogens with one attached hydrogen (secondary N) is 1. The van der Waals surface area contributed by atoms with E-state index < -0.39 is 0 Å². The minimum atomic E-state index is -0.247. The molecule has 1 N–H and O–H groups in total. The summed E-state index contributed by atoms with van der Waals surface area (Å²) in [6.07, 6.45) is 2.23. The van der Waals surface area contributed by atoms with Crippen LogP contribution in [0.5, 0.6) is 0 Å². The highest BCUT2D eigenvalue weighted by molar-refractivity contribution is 5.85. The molecular weight excluding hydrogens is 252 g/mol. The third-order valence-corrected chi connectivity index (χ3v) is 3.92. The minimum Gasteiger partial charge on any atom is -0.344 e. The molecule has 1 saturated heterocycles. The number of carbonyl (C=O) groups is 1. The van der Waals surface area contributed by atoms with E-state index in [2.05, 4.69) is 10.3 Å². The molecule has 1 aromatic heterocycles. The van der Waals surface area contributed by atoms with Crippen LogP contribution < -0.4 is 5.32 Å². The number of amides is 1. The van der Waals surface area contributed by atoms with E-state index in [1.54, 1.807) is 0 Å². The fraction of sp³-hybridized carbons (Fsp3) is 0.467. The fourth-order valence-corrected chi connectivity index (χ4v) is 2.74. The van der Waals surface area contributed by atoms with Gasteiger partial charge in [0.25, 0.3) is 0 Å². The Labute approximate surface area is 118 Å². The van der Waals surface area contributed by atoms with Crippen LogP contribution in [0.2, 0.25) is 0 Å². The first kappa shape index (κ1) is 13.0. The predicted molar refractivity (Wildman–Crippen MR) is 79.6 cm³/mol. The predicted octanol–water partition coefficient (Wildman–Crippen LogP) is 2.00. The van der Waals surface area contributed by atoms with Gasteiger partial charge in [0.05, 0.1) is 11.0 Å². The number of aromatic nitrogens is 2. The summed E-state index contributed by atoms with van der Waals surface area (Å²) < 4.78 is 1.99. The highest BCUT2D eigenvalue weighted by atomic mass is 16.2. The van der Waals surface area contributed by atoms with Gasteiger partial charge in [-0.25, -0.2) is 4.98 Å². The molecule has 2 heterocycles. The van der Waals surface area contributed by atoms with Gasteiger partial charge < -0.3 is 14.8 Å². The number of rotatable bonds is 3. The molecule has 3 rings (SSSR count). The number of aryl methyl sites for hydroxylation is 1. The average Bonchev–Trinajstić information content (AvgIpc) is 3.08. The van der Waals surface area contributed by atoms with Gasteiger partial charge in [-0.2, -0.15) is 0 Å². The summed E-state index contributed by atoms with van der Waals surface area (Å²) in [6.45, 7) is 3.67. The van der Waals surface area contributed by atoms with Crippen molar-refractivity contribution in [1.29, 1.82) is 0 Å². The third-order valence-electron chi connectivity index (χ3n) is 3.92. The lowest BCUT2D eigenvalue weighted by molar-refractivity contribution is -0.130. The Morgan fingerprint density at radius 1 is 1.30 bits per heavy atom. The van der Waals surface area contributed by atoms with Gasteiger partial charge in [-0.15, -0.1) is 0 Å². The first-order valence-corrected chi connectivity index (χ1v) is 7.13. The van der Waals surface area contributed by atoms with Gasteiger partial charge in [0.2, 0.25) is 11.9 Å². The van der Waals surface area contributed by atoms with Crippen molar-refractivity contribution in [3.05, 3.63) is 24.3 Å². The second-order valence-electron chi connectivity index (χ2n) is 5.38. The number of imidazole rings is 1. The van der Waals surface area contributed by atoms with E-state index in [4.69, 9.17) is 0 Å². The van der Waals surface area contributed by atoms with Crippen LogP contribution in [-0.2, 0) is 11.8 Å². The number of para-hydroxylation sites is 2. The largest absolute Gasteiger partial charge is 0.344 e. The third kappa shape index (κ3) is 2.24. The van der Waals surface area contributed by atoms with Crippen LogP contribution in [0.1, 0.15) is 19.8 Å². The van der Waals surface area contributed by atoms with Crippen molar-refractivity contribution in [3.63, 3.8) is 0 Å². The lowest BCUT2D eigenvalue weighted by Crippen LogP contribution is -2.40. The lowest BCUT2D eigenvalue weighted by atomic mass is 10.3. The van der Waals surface area contributed by atoms with Crippen molar-refractivity contribution in [3.8, 4) is 0 Å². The van der Waals surface area contributed by atoms with E-state index in [1.807, 2.05) is 47.7 Å². The molecule has 1 aromatic carbocycles. The van der Waals surface area contributed by atoms with Gasteiger partial charge in [0.15, 0.2) is 0 Å². The molecule has 1 fully saturated rings. The second-order valence-corrected chi connectivity index (χ2v) is 5.38. The van der Waals surface area contributed by atoms with E-state index in [1.165, 1.54) is 0 Å². The number of nitrogens with zero attached hydrogens (tertiary/aromatic N) is 3. The van der Waals surface area contributed by atoms with Gasteiger partial charge >= 0.3 is 0 Å². The highest BCUT2D eigenvalue weighted by Crippen LogP contribution is 2.19. The van der Waals surface area contributed by atoms with Crippen molar-refractivity contribution in [2.75, 3.05) is 18.4 Å². The molecule has 0 aliphatic carbocycles. The van der Waals surface area contributed by atoms with Crippen LogP contribution in [0, 0.1) is 0 Å². The van der Waals surface area contributed by atoms with E-state index >= 15 is 0 Å². The number of likely N-dealkylation sites (tertiary alicyclic amines) is 1. The number of anilines is 1. The molecule has 1 unspecified atom stereocenters. The Bertz CT molecular complexity index is 628. The summed E-state index contributed by atoms with van der Waals surface area (Å²) in [5, 5.41) is 3.24. The number of carbonyl (C=O) groups excluding carboxylic acids is 1. The summed E-state index contributed by atoms with van der Waals surface area (Å²) in [5.74, 6) is 0.904. The number of hydrogen-bond acceptors (Lipinski definition) is 3. The number of hydrogen-bond donors (Lipinski definition) is 1. The summed E-state index contributed by atoms with van der Waals surface area (Å²) in [7, 11) is 1.96. The fourth-order valence-electron chi connectivity index (χ4n) is 2.74. The minimum absolute atomic E-state index is 0.162. The second kappa shape index (κ2) is 5.15. The highest BCUT2D eigenvalue weighted by Gasteiger charge is 2.24. The van der Waals surface area contributed by atoms with Crippen LogP contribution in [0.25, 0.3) is 11.0 Å². The molecular formula is C15H20N4O. The molecule has 0 bridgehead atoms. The van der Waals surface area contributed by atoms with Crippen molar-refractivity contribution < 1.29 is 4.79 Å². The SMILES string of the molecule is CC(Nc1nc2ccccc2n1C)C(=O)N1CCCC1. The smallest absolute Gasteiger partial charge is 0.244 e. The Kier molecular flexibility index (Phi) is 3.34. The van der Waals surface area contributed by atoms with Gasteiger partial charge in [-0.1, -0.05) is 12.1 Å². The van der Waals surface area contributed by atoms with E-state index in [0.717, 1.165) is 42.9 Å². The Hall–Kier alpha value is -2.04. The molecule has 0 spiro atoms. The summed E-state index contributed by atoms with van der Waals surface area (Å²) in [4.78, 5) is 18.8.